The maximum absolute atomic E-state index is 11.3. The average Bonchev–Trinajstić information content (AvgIpc) is 2.77. The molecule has 15 heavy (non-hydrogen) atoms. The minimum absolute atomic E-state index is 0.0289. The van der Waals surface area contributed by atoms with E-state index in [1.807, 2.05) is 0 Å². The molecule has 2 bridgehead atoms. The summed E-state index contributed by atoms with van der Waals surface area (Å²) in [5.74, 6) is -0.442. The minimum Gasteiger partial charge on any atom is -0.481 e. The third-order valence-corrected chi connectivity index (χ3v) is 3.85. The van der Waals surface area contributed by atoms with Crippen LogP contribution in [0.15, 0.2) is 0 Å². The van der Waals surface area contributed by atoms with E-state index >= 15 is 0 Å². The van der Waals surface area contributed by atoms with Crippen LogP contribution in [-0.2, 0) is 9.59 Å². The molecule has 0 radical (unpaired) electrons. The predicted octanol–water partition coefficient (Wildman–Crippen LogP) is 1.01. The number of rotatable bonds is 3. The van der Waals surface area contributed by atoms with Crippen molar-refractivity contribution in [1.82, 2.24) is 5.32 Å². The van der Waals surface area contributed by atoms with E-state index in [9.17, 15) is 9.59 Å². The standard InChI is InChI=1S/C11H17NO3/c1-2-8(13)12-10-7-4-3-6(5-7)9(10)11(14)15/h6-7,9-10H,2-5H2,1H3,(H,12,13)(H,14,15). The lowest BCUT2D eigenvalue weighted by molar-refractivity contribution is -0.144. The van der Waals surface area contributed by atoms with Crippen molar-refractivity contribution in [2.75, 3.05) is 0 Å². The monoisotopic (exact) mass is 211 g/mol. The third kappa shape index (κ3) is 1.73. The van der Waals surface area contributed by atoms with Gasteiger partial charge in [0, 0.05) is 12.5 Å². The van der Waals surface area contributed by atoms with Crippen LogP contribution in [0.25, 0.3) is 0 Å². The van der Waals surface area contributed by atoms with Gasteiger partial charge in [0.2, 0.25) is 5.91 Å². The van der Waals surface area contributed by atoms with Crippen LogP contribution in [0.3, 0.4) is 0 Å². The Bertz CT molecular complexity index is 290. The van der Waals surface area contributed by atoms with Gasteiger partial charge in [-0.3, -0.25) is 9.59 Å². The molecule has 1 amide bonds. The van der Waals surface area contributed by atoms with Crippen molar-refractivity contribution >= 4 is 11.9 Å². The third-order valence-electron chi connectivity index (χ3n) is 3.85. The van der Waals surface area contributed by atoms with Gasteiger partial charge in [-0.25, -0.2) is 0 Å². The Morgan fingerprint density at radius 1 is 1.33 bits per heavy atom. The van der Waals surface area contributed by atoms with Crippen molar-refractivity contribution in [1.29, 1.82) is 0 Å². The molecule has 2 N–H and O–H groups in total. The zero-order chi connectivity index (χ0) is 11.0. The summed E-state index contributed by atoms with van der Waals surface area (Å²) in [6.45, 7) is 1.79. The van der Waals surface area contributed by atoms with Gasteiger partial charge in [-0.15, -0.1) is 0 Å². The lowest BCUT2D eigenvalue weighted by atomic mass is 9.84. The minimum atomic E-state index is -0.747. The van der Waals surface area contributed by atoms with E-state index in [4.69, 9.17) is 5.11 Å². The van der Waals surface area contributed by atoms with E-state index in [0.717, 1.165) is 19.3 Å². The Balaban J connectivity index is 2.08. The SMILES string of the molecule is CCC(=O)NC1C2CCC(C2)C1C(=O)O. The number of nitrogens with one attached hydrogen (secondary N) is 1. The van der Waals surface area contributed by atoms with Crippen molar-refractivity contribution in [2.45, 2.75) is 38.6 Å². The second-order valence-electron chi connectivity index (χ2n) is 4.64. The van der Waals surface area contributed by atoms with E-state index in [-0.39, 0.29) is 23.8 Å². The first-order valence-electron chi connectivity index (χ1n) is 5.65. The lowest BCUT2D eigenvalue weighted by Crippen LogP contribution is -2.46. The first-order chi connectivity index (χ1) is 7.13. The Hall–Kier alpha value is -1.06. The molecular formula is C11H17NO3. The number of fused-ring (bicyclic) bond motifs is 2. The van der Waals surface area contributed by atoms with E-state index in [2.05, 4.69) is 5.32 Å². The van der Waals surface area contributed by atoms with Crippen molar-refractivity contribution in [3.8, 4) is 0 Å². The van der Waals surface area contributed by atoms with Crippen LogP contribution >= 0.6 is 0 Å². The van der Waals surface area contributed by atoms with Crippen molar-refractivity contribution in [2.24, 2.45) is 17.8 Å². The highest BCUT2D eigenvalue weighted by atomic mass is 16.4. The zero-order valence-electron chi connectivity index (χ0n) is 8.90. The Morgan fingerprint density at radius 2 is 2.00 bits per heavy atom. The molecule has 2 saturated carbocycles. The number of carbonyl (C=O) groups excluding carboxylic acids is 1. The highest BCUT2D eigenvalue weighted by molar-refractivity contribution is 5.78. The van der Waals surface area contributed by atoms with E-state index < -0.39 is 5.97 Å². The van der Waals surface area contributed by atoms with Crippen LogP contribution in [0.1, 0.15) is 32.6 Å². The van der Waals surface area contributed by atoms with Gasteiger partial charge in [0.1, 0.15) is 0 Å². The summed E-state index contributed by atoms with van der Waals surface area (Å²) in [5, 5.41) is 12.0. The molecular weight excluding hydrogens is 194 g/mol. The van der Waals surface area contributed by atoms with Gasteiger partial charge in [-0.1, -0.05) is 6.92 Å². The number of aliphatic carboxylic acids is 1. The first kappa shape index (κ1) is 10.5. The Kier molecular flexibility index (Phi) is 2.67. The number of amides is 1. The summed E-state index contributed by atoms with van der Waals surface area (Å²) in [5.41, 5.74) is 0. The van der Waals surface area contributed by atoms with Crippen LogP contribution in [0, 0.1) is 17.8 Å². The van der Waals surface area contributed by atoms with Gasteiger partial charge in [0.15, 0.2) is 0 Å². The lowest BCUT2D eigenvalue weighted by Gasteiger charge is -2.28. The molecule has 0 saturated heterocycles. The molecule has 2 aliphatic rings. The molecule has 0 heterocycles. The first-order valence-corrected chi connectivity index (χ1v) is 5.65. The van der Waals surface area contributed by atoms with E-state index in [1.165, 1.54) is 0 Å². The number of carboxylic acids is 1. The quantitative estimate of drug-likeness (QED) is 0.732. The molecule has 84 valence electrons. The van der Waals surface area contributed by atoms with E-state index in [0.29, 0.717) is 12.3 Å². The van der Waals surface area contributed by atoms with Gasteiger partial charge in [-0.05, 0) is 31.1 Å². The maximum atomic E-state index is 11.3. The average molecular weight is 211 g/mol. The largest absolute Gasteiger partial charge is 0.481 e. The number of carboxylic acid groups (broad SMARTS) is 1. The van der Waals surface area contributed by atoms with Crippen LogP contribution < -0.4 is 5.32 Å². The van der Waals surface area contributed by atoms with Gasteiger partial charge in [-0.2, -0.15) is 0 Å². The zero-order valence-corrected chi connectivity index (χ0v) is 8.90. The molecule has 0 aromatic heterocycles. The van der Waals surface area contributed by atoms with E-state index in [1.54, 1.807) is 6.92 Å². The number of carbonyl (C=O) groups is 2. The topological polar surface area (TPSA) is 66.4 Å². The molecule has 4 nitrogen and oxygen atoms in total. The fourth-order valence-corrected chi connectivity index (χ4v) is 3.14. The predicted molar refractivity (Wildman–Crippen MR) is 54.2 cm³/mol. The highest BCUT2D eigenvalue weighted by Crippen LogP contribution is 2.48. The number of hydrogen-bond acceptors (Lipinski definition) is 2. The summed E-state index contributed by atoms with van der Waals surface area (Å²) >= 11 is 0. The molecule has 4 atom stereocenters. The van der Waals surface area contributed by atoms with Gasteiger partial charge >= 0.3 is 5.97 Å². The van der Waals surface area contributed by atoms with Gasteiger partial charge in [0.05, 0.1) is 5.92 Å². The molecule has 4 unspecified atom stereocenters. The fraction of sp³-hybridized carbons (Fsp3) is 0.818. The Labute approximate surface area is 89.0 Å². The van der Waals surface area contributed by atoms with Crippen LogP contribution in [0.2, 0.25) is 0 Å². The van der Waals surface area contributed by atoms with Crippen LogP contribution in [0.4, 0.5) is 0 Å². The molecule has 2 aliphatic carbocycles. The van der Waals surface area contributed by atoms with Crippen molar-refractivity contribution in [3.63, 3.8) is 0 Å². The highest BCUT2D eigenvalue weighted by Gasteiger charge is 2.51. The molecule has 0 aromatic carbocycles. The Morgan fingerprint density at radius 3 is 2.60 bits per heavy atom. The molecule has 2 fully saturated rings. The fourth-order valence-electron chi connectivity index (χ4n) is 3.14. The second kappa shape index (κ2) is 3.83. The van der Waals surface area contributed by atoms with Gasteiger partial charge < -0.3 is 10.4 Å². The van der Waals surface area contributed by atoms with Gasteiger partial charge in [0.25, 0.3) is 0 Å². The smallest absolute Gasteiger partial charge is 0.308 e. The van der Waals surface area contributed by atoms with Crippen LogP contribution in [0.5, 0.6) is 0 Å². The second-order valence-corrected chi connectivity index (χ2v) is 4.64. The van der Waals surface area contributed by atoms with Crippen molar-refractivity contribution in [3.05, 3.63) is 0 Å². The molecule has 4 heteroatoms. The summed E-state index contributed by atoms with van der Waals surface area (Å²) < 4.78 is 0. The molecule has 0 aliphatic heterocycles. The summed E-state index contributed by atoms with van der Waals surface area (Å²) in [6.07, 6.45) is 3.50. The molecule has 0 spiro atoms. The maximum Gasteiger partial charge on any atom is 0.308 e. The molecule has 0 aromatic rings. The number of hydrogen-bond donors (Lipinski definition) is 2. The summed E-state index contributed by atoms with van der Waals surface area (Å²) in [6, 6.07) is -0.117. The van der Waals surface area contributed by atoms with Crippen LogP contribution in [-0.4, -0.2) is 23.0 Å². The normalized spacial score (nSPS) is 37.9. The summed E-state index contributed by atoms with van der Waals surface area (Å²) in [4.78, 5) is 22.4. The molecule has 2 rings (SSSR count). The summed E-state index contributed by atoms with van der Waals surface area (Å²) in [7, 11) is 0. The van der Waals surface area contributed by atoms with Crippen molar-refractivity contribution < 1.29 is 14.7 Å².